The lowest BCUT2D eigenvalue weighted by molar-refractivity contribution is -0.118. The zero-order valence-corrected chi connectivity index (χ0v) is 14.3. The zero-order valence-electron chi connectivity index (χ0n) is 14.3. The van der Waals surface area contributed by atoms with Gasteiger partial charge in [0.1, 0.15) is 5.75 Å². The molecule has 0 aliphatic carbocycles. The minimum atomic E-state index is -0.357. The molecule has 0 saturated heterocycles. The second-order valence-corrected chi connectivity index (χ2v) is 5.87. The van der Waals surface area contributed by atoms with Gasteiger partial charge in [-0.15, -0.1) is 0 Å². The highest BCUT2D eigenvalue weighted by Gasteiger charge is 2.20. The molecule has 1 aliphatic heterocycles. The van der Waals surface area contributed by atoms with E-state index in [-0.39, 0.29) is 25.1 Å². The molecule has 0 atom stereocenters. The fourth-order valence-electron chi connectivity index (χ4n) is 2.69. The zero-order chi connectivity index (χ0) is 18.0. The van der Waals surface area contributed by atoms with Gasteiger partial charge in [-0.2, -0.15) is 0 Å². The standard InChI is InChI=1S/C19H19NO5/c1-11-5-4-6-12(2)19(11)23-9-18(22)20-15-8-17-16(24-10-25-17)7-14(15)13(3)21/h4-8H,9-10H2,1-3H3,(H,20,22). The monoisotopic (exact) mass is 341 g/mol. The fourth-order valence-corrected chi connectivity index (χ4v) is 2.69. The van der Waals surface area contributed by atoms with E-state index in [0.29, 0.717) is 28.5 Å². The molecule has 6 nitrogen and oxygen atoms in total. The van der Waals surface area contributed by atoms with E-state index >= 15 is 0 Å². The van der Waals surface area contributed by atoms with Crippen molar-refractivity contribution in [2.45, 2.75) is 20.8 Å². The van der Waals surface area contributed by atoms with Gasteiger partial charge in [-0.25, -0.2) is 0 Å². The van der Waals surface area contributed by atoms with Crippen LogP contribution in [0.5, 0.6) is 17.2 Å². The van der Waals surface area contributed by atoms with Crippen LogP contribution in [0.25, 0.3) is 0 Å². The minimum absolute atomic E-state index is 0.0970. The number of para-hydroxylation sites is 1. The first-order valence-corrected chi connectivity index (χ1v) is 7.89. The summed E-state index contributed by atoms with van der Waals surface area (Å²) >= 11 is 0. The van der Waals surface area contributed by atoms with E-state index < -0.39 is 0 Å². The first kappa shape index (κ1) is 16.8. The number of rotatable bonds is 5. The first-order valence-electron chi connectivity index (χ1n) is 7.89. The van der Waals surface area contributed by atoms with Crippen LogP contribution in [-0.2, 0) is 4.79 Å². The van der Waals surface area contributed by atoms with Crippen LogP contribution in [0, 0.1) is 13.8 Å². The lowest BCUT2D eigenvalue weighted by Gasteiger charge is -2.13. The molecule has 1 N–H and O–H groups in total. The number of carbonyl (C=O) groups excluding carboxylic acids is 2. The van der Waals surface area contributed by atoms with Gasteiger partial charge in [0.15, 0.2) is 23.9 Å². The van der Waals surface area contributed by atoms with Crippen LogP contribution in [0.15, 0.2) is 30.3 Å². The number of Topliss-reactive ketones (excluding diaryl/α,β-unsaturated/α-hetero) is 1. The molecule has 0 fully saturated rings. The third kappa shape index (κ3) is 3.57. The summed E-state index contributed by atoms with van der Waals surface area (Å²) in [5.41, 5.74) is 2.66. The van der Waals surface area contributed by atoms with Gasteiger partial charge in [0.2, 0.25) is 6.79 Å². The van der Waals surface area contributed by atoms with Crippen molar-refractivity contribution in [1.82, 2.24) is 0 Å². The Labute approximate surface area is 145 Å². The summed E-state index contributed by atoms with van der Waals surface area (Å²) in [5, 5.41) is 2.71. The van der Waals surface area contributed by atoms with Gasteiger partial charge in [0.05, 0.1) is 5.69 Å². The number of nitrogens with one attached hydrogen (secondary N) is 1. The van der Waals surface area contributed by atoms with E-state index in [4.69, 9.17) is 14.2 Å². The number of benzene rings is 2. The molecule has 1 heterocycles. The minimum Gasteiger partial charge on any atom is -0.483 e. The molecule has 0 bridgehead atoms. The SMILES string of the molecule is CC(=O)c1cc2c(cc1NC(=O)COc1c(C)cccc1C)OCO2. The molecule has 3 rings (SSSR count). The topological polar surface area (TPSA) is 73.9 Å². The maximum absolute atomic E-state index is 12.3. The second kappa shape index (κ2) is 6.84. The number of ketones is 1. The van der Waals surface area contributed by atoms with Crippen molar-refractivity contribution in [2.75, 3.05) is 18.7 Å². The molecular formula is C19H19NO5. The highest BCUT2D eigenvalue weighted by Crippen LogP contribution is 2.37. The van der Waals surface area contributed by atoms with E-state index in [9.17, 15) is 9.59 Å². The van der Waals surface area contributed by atoms with Gasteiger partial charge < -0.3 is 19.5 Å². The molecule has 2 aromatic rings. The summed E-state index contributed by atoms with van der Waals surface area (Å²) in [7, 11) is 0. The molecule has 1 aliphatic rings. The Morgan fingerprint density at radius 2 is 1.76 bits per heavy atom. The van der Waals surface area contributed by atoms with Crippen LogP contribution in [0.4, 0.5) is 5.69 Å². The number of anilines is 1. The summed E-state index contributed by atoms with van der Waals surface area (Å²) in [6, 6.07) is 8.95. The van der Waals surface area contributed by atoms with Crippen molar-refractivity contribution < 1.29 is 23.8 Å². The molecule has 0 radical (unpaired) electrons. The summed E-state index contributed by atoms with van der Waals surface area (Å²) in [6.45, 7) is 5.22. The number of ether oxygens (including phenoxy) is 3. The summed E-state index contributed by atoms with van der Waals surface area (Å²) in [6.07, 6.45) is 0. The summed E-state index contributed by atoms with van der Waals surface area (Å²) in [4.78, 5) is 24.1. The van der Waals surface area contributed by atoms with E-state index in [2.05, 4.69) is 5.32 Å². The lowest BCUT2D eigenvalue weighted by atomic mass is 10.1. The van der Waals surface area contributed by atoms with Gasteiger partial charge in [-0.05, 0) is 38.0 Å². The average Bonchev–Trinajstić information content (AvgIpc) is 3.00. The first-order chi connectivity index (χ1) is 12.0. The Bertz CT molecular complexity index is 824. The third-order valence-electron chi connectivity index (χ3n) is 3.92. The number of fused-ring (bicyclic) bond motifs is 1. The molecule has 0 saturated carbocycles. The molecule has 0 spiro atoms. The summed E-state index contributed by atoms with van der Waals surface area (Å²) < 4.78 is 16.2. The lowest BCUT2D eigenvalue weighted by Crippen LogP contribution is -2.21. The molecule has 25 heavy (non-hydrogen) atoms. The highest BCUT2D eigenvalue weighted by atomic mass is 16.7. The largest absolute Gasteiger partial charge is 0.483 e. The Morgan fingerprint density at radius 1 is 1.12 bits per heavy atom. The van der Waals surface area contributed by atoms with Crippen molar-refractivity contribution in [3.63, 3.8) is 0 Å². The van der Waals surface area contributed by atoms with Crippen molar-refractivity contribution in [1.29, 1.82) is 0 Å². The van der Waals surface area contributed by atoms with Gasteiger partial charge in [-0.3, -0.25) is 9.59 Å². The molecule has 1 amide bonds. The maximum Gasteiger partial charge on any atom is 0.262 e. The normalized spacial score (nSPS) is 12.0. The quantitative estimate of drug-likeness (QED) is 0.845. The van der Waals surface area contributed by atoms with Crippen LogP contribution < -0.4 is 19.5 Å². The number of hydrogen-bond acceptors (Lipinski definition) is 5. The Morgan fingerprint density at radius 3 is 2.40 bits per heavy atom. The van der Waals surface area contributed by atoms with E-state index in [1.165, 1.54) is 6.92 Å². The fraction of sp³-hybridized carbons (Fsp3) is 0.263. The Hall–Kier alpha value is -3.02. The van der Waals surface area contributed by atoms with Crippen LogP contribution >= 0.6 is 0 Å². The molecule has 0 unspecified atom stereocenters. The second-order valence-electron chi connectivity index (χ2n) is 5.87. The van der Waals surface area contributed by atoms with Crippen LogP contribution in [0.2, 0.25) is 0 Å². The molecule has 2 aromatic carbocycles. The van der Waals surface area contributed by atoms with Crippen LogP contribution in [-0.4, -0.2) is 25.1 Å². The average molecular weight is 341 g/mol. The number of carbonyl (C=O) groups is 2. The van der Waals surface area contributed by atoms with Crippen molar-refractivity contribution in [2.24, 2.45) is 0 Å². The van der Waals surface area contributed by atoms with Crippen molar-refractivity contribution in [3.05, 3.63) is 47.0 Å². The number of hydrogen-bond donors (Lipinski definition) is 1. The van der Waals surface area contributed by atoms with Gasteiger partial charge in [0.25, 0.3) is 5.91 Å². The van der Waals surface area contributed by atoms with E-state index in [1.807, 2.05) is 32.0 Å². The van der Waals surface area contributed by atoms with Gasteiger partial charge in [-0.1, -0.05) is 18.2 Å². The molecule has 130 valence electrons. The van der Waals surface area contributed by atoms with Crippen LogP contribution in [0.1, 0.15) is 28.4 Å². The van der Waals surface area contributed by atoms with Gasteiger partial charge in [0, 0.05) is 11.6 Å². The van der Waals surface area contributed by atoms with E-state index in [0.717, 1.165) is 11.1 Å². The maximum atomic E-state index is 12.3. The van der Waals surface area contributed by atoms with Crippen molar-refractivity contribution >= 4 is 17.4 Å². The predicted octanol–water partition coefficient (Wildman–Crippen LogP) is 3.25. The molecule has 0 aromatic heterocycles. The van der Waals surface area contributed by atoms with Crippen molar-refractivity contribution in [3.8, 4) is 17.2 Å². The third-order valence-corrected chi connectivity index (χ3v) is 3.92. The van der Waals surface area contributed by atoms with E-state index in [1.54, 1.807) is 12.1 Å². The summed E-state index contributed by atoms with van der Waals surface area (Å²) in [5.74, 6) is 1.15. The molecule has 6 heteroatoms. The predicted molar refractivity (Wildman–Crippen MR) is 92.6 cm³/mol. The number of aryl methyl sites for hydroxylation is 2. The Balaban J connectivity index is 1.74. The van der Waals surface area contributed by atoms with Crippen LogP contribution in [0.3, 0.4) is 0 Å². The smallest absolute Gasteiger partial charge is 0.262 e. The highest BCUT2D eigenvalue weighted by molar-refractivity contribution is 6.04. The Kier molecular flexibility index (Phi) is 4.61. The van der Waals surface area contributed by atoms with Gasteiger partial charge >= 0.3 is 0 Å². The molecular weight excluding hydrogens is 322 g/mol. The number of amides is 1.